The molecule has 30 heavy (non-hydrogen) atoms. The van der Waals surface area contributed by atoms with E-state index in [9.17, 15) is 34.5 Å². The van der Waals surface area contributed by atoms with E-state index in [4.69, 9.17) is 25.4 Å². The maximum atomic E-state index is 11.8. The minimum absolute atomic E-state index is 0.108. The Morgan fingerprint density at radius 2 is 1.93 bits per heavy atom. The van der Waals surface area contributed by atoms with Crippen molar-refractivity contribution in [3.05, 3.63) is 0 Å². The van der Waals surface area contributed by atoms with E-state index < -0.39 is 72.9 Å². The number of amides is 1. The predicted molar refractivity (Wildman–Crippen MR) is 96.7 cm³/mol. The number of aliphatic carboxylic acids is 2. The molecule has 172 valence electrons. The van der Waals surface area contributed by atoms with Crippen molar-refractivity contribution < 1.29 is 54.2 Å². The molecule has 4 unspecified atom stereocenters. The molecule has 1 heterocycles. The lowest BCUT2D eigenvalue weighted by atomic mass is 9.84. The van der Waals surface area contributed by atoms with E-state index in [1.54, 1.807) is 0 Å². The molecular formula is C17H28N2O11. The smallest absolute Gasteiger partial charge is 0.364 e. The van der Waals surface area contributed by atoms with Crippen LogP contribution < -0.4 is 11.1 Å². The molecule has 0 aliphatic carbocycles. The van der Waals surface area contributed by atoms with Gasteiger partial charge in [0.1, 0.15) is 12.6 Å². The zero-order valence-corrected chi connectivity index (χ0v) is 16.4. The number of carboxylic acid groups (broad SMARTS) is 2. The summed E-state index contributed by atoms with van der Waals surface area (Å²) in [5.41, 5.74) is 5.50. The number of aliphatic hydroxyl groups excluding tert-OH is 2. The van der Waals surface area contributed by atoms with Gasteiger partial charge in [0.15, 0.2) is 0 Å². The van der Waals surface area contributed by atoms with Crippen LogP contribution in [0.5, 0.6) is 0 Å². The van der Waals surface area contributed by atoms with Crippen molar-refractivity contribution in [3.8, 4) is 0 Å². The molecule has 1 aliphatic heterocycles. The average molecular weight is 436 g/mol. The van der Waals surface area contributed by atoms with Crippen molar-refractivity contribution in [2.45, 2.75) is 62.7 Å². The average Bonchev–Trinajstić information content (AvgIpc) is 2.62. The van der Waals surface area contributed by atoms with Gasteiger partial charge in [-0.3, -0.25) is 14.4 Å². The summed E-state index contributed by atoms with van der Waals surface area (Å²) >= 11 is 0. The van der Waals surface area contributed by atoms with Gasteiger partial charge in [0.25, 0.3) is 5.79 Å². The number of nitrogens with two attached hydrogens (primary N) is 1. The van der Waals surface area contributed by atoms with Crippen LogP contribution in [0.1, 0.15) is 32.6 Å². The summed E-state index contributed by atoms with van der Waals surface area (Å²) in [6.45, 7) is 0.567. The van der Waals surface area contributed by atoms with Gasteiger partial charge >= 0.3 is 17.9 Å². The van der Waals surface area contributed by atoms with Crippen molar-refractivity contribution >= 4 is 23.8 Å². The highest BCUT2D eigenvalue weighted by Crippen LogP contribution is 2.33. The molecule has 0 saturated carbocycles. The first-order valence-corrected chi connectivity index (χ1v) is 9.24. The first kappa shape index (κ1) is 25.7. The van der Waals surface area contributed by atoms with Crippen molar-refractivity contribution in [1.82, 2.24) is 5.32 Å². The van der Waals surface area contributed by atoms with Crippen LogP contribution in [0, 0.1) is 5.92 Å². The maximum Gasteiger partial charge on any atom is 0.364 e. The number of carboxylic acids is 2. The standard InChI is InChI=1S/C17H28N2O11/c1-8(20)19-6-10-12(22)5-17(28,16(26)27)30-13(10)4-9(21)7-29-15(25)11(18)2-3-14(23)24/h9-13,21-22,28H,2-7,18H2,1H3,(H,19,20)(H,23,24)(H,26,27)/t9-,10?,11+,12?,13?,17?/m0/s1. The molecule has 1 aliphatic rings. The second kappa shape index (κ2) is 11.2. The minimum Gasteiger partial charge on any atom is -0.481 e. The largest absolute Gasteiger partial charge is 0.481 e. The molecule has 1 amide bonds. The monoisotopic (exact) mass is 436 g/mol. The Morgan fingerprint density at radius 1 is 1.30 bits per heavy atom. The Balaban J connectivity index is 2.72. The molecular weight excluding hydrogens is 408 g/mol. The molecule has 1 rings (SSSR count). The number of hydrogen-bond acceptors (Lipinski definition) is 10. The third-order valence-corrected chi connectivity index (χ3v) is 4.62. The number of ether oxygens (including phenoxy) is 2. The van der Waals surface area contributed by atoms with Crippen molar-refractivity contribution in [1.29, 1.82) is 0 Å². The van der Waals surface area contributed by atoms with Crippen molar-refractivity contribution in [3.63, 3.8) is 0 Å². The van der Waals surface area contributed by atoms with Gasteiger partial charge < -0.3 is 46.1 Å². The fraction of sp³-hybridized carbons (Fsp3) is 0.765. The van der Waals surface area contributed by atoms with Crippen molar-refractivity contribution in [2.75, 3.05) is 13.2 Å². The number of rotatable bonds is 11. The van der Waals surface area contributed by atoms with E-state index in [1.165, 1.54) is 6.92 Å². The molecule has 1 fully saturated rings. The number of nitrogens with one attached hydrogen (secondary N) is 1. The summed E-state index contributed by atoms with van der Waals surface area (Å²) in [4.78, 5) is 44.7. The van der Waals surface area contributed by atoms with Gasteiger partial charge in [-0.15, -0.1) is 0 Å². The predicted octanol–water partition coefficient (Wildman–Crippen LogP) is -2.85. The highest BCUT2D eigenvalue weighted by atomic mass is 16.7. The molecule has 0 aromatic heterocycles. The SMILES string of the molecule is CC(=O)NCC1C(O)CC(O)(C(=O)O)OC1C[C@H](O)COC(=O)[C@H](N)CCC(=O)O. The second-order valence-electron chi connectivity index (χ2n) is 7.18. The number of carbonyl (C=O) groups excluding carboxylic acids is 2. The lowest BCUT2D eigenvalue weighted by molar-refractivity contribution is -0.287. The van der Waals surface area contributed by atoms with Gasteiger partial charge in [-0.25, -0.2) is 4.79 Å². The third kappa shape index (κ3) is 7.84. The van der Waals surface area contributed by atoms with Crippen LogP contribution >= 0.6 is 0 Å². The van der Waals surface area contributed by atoms with E-state index in [2.05, 4.69) is 5.32 Å². The van der Waals surface area contributed by atoms with Crippen LogP contribution in [-0.4, -0.2) is 92.6 Å². The molecule has 13 heteroatoms. The van der Waals surface area contributed by atoms with Crippen LogP contribution in [0.3, 0.4) is 0 Å². The molecule has 8 N–H and O–H groups in total. The zero-order chi connectivity index (χ0) is 23.1. The summed E-state index contributed by atoms with van der Waals surface area (Å²) in [5, 5.41) is 50.7. The van der Waals surface area contributed by atoms with Crippen LogP contribution in [0.2, 0.25) is 0 Å². The van der Waals surface area contributed by atoms with Crippen LogP contribution in [0.25, 0.3) is 0 Å². The summed E-state index contributed by atoms with van der Waals surface area (Å²) in [5.74, 6) is -7.75. The molecule has 0 aromatic rings. The molecule has 1 saturated heterocycles. The highest BCUT2D eigenvalue weighted by molar-refractivity contribution is 5.77. The Kier molecular flexibility index (Phi) is 9.58. The second-order valence-corrected chi connectivity index (χ2v) is 7.18. The van der Waals surface area contributed by atoms with Gasteiger partial charge in [0.05, 0.1) is 18.3 Å². The summed E-state index contributed by atoms with van der Waals surface area (Å²) in [6, 6.07) is -1.20. The quantitative estimate of drug-likeness (QED) is 0.162. The Bertz CT molecular complexity index is 643. The number of esters is 1. The van der Waals surface area contributed by atoms with E-state index >= 15 is 0 Å². The Labute approximate surface area is 171 Å². The number of carbonyl (C=O) groups is 4. The molecule has 13 nitrogen and oxygen atoms in total. The molecule has 0 radical (unpaired) electrons. The molecule has 6 atom stereocenters. The zero-order valence-electron chi connectivity index (χ0n) is 16.4. The van der Waals surface area contributed by atoms with Crippen LogP contribution in [0.15, 0.2) is 0 Å². The fourth-order valence-corrected chi connectivity index (χ4v) is 2.98. The summed E-state index contributed by atoms with van der Waals surface area (Å²) in [7, 11) is 0. The van der Waals surface area contributed by atoms with Gasteiger partial charge in [0.2, 0.25) is 5.91 Å². The Morgan fingerprint density at radius 3 is 2.47 bits per heavy atom. The van der Waals surface area contributed by atoms with Crippen LogP contribution in [-0.2, 0) is 28.7 Å². The van der Waals surface area contributed by atoms with E-state index in [-0.39, 0.29) is 25.8 Å². The van der Waals surface area contributed by atoms with E-state index in [1.807, 2.05) is 0 Å². The Hall–Kier alpha value is -2.32. The lowest BCUT2D eigenvalue weighted by Crippen LogP contribution is -2.58. The van der Waals surface area contributed by atoms with Gasteiger partial charge in [-0.2, -0.15) is 0 Å². The van der Waals surface area contributed by atoms with Gasteiger partial charge in [0, 0.05) is 38.6 Å². The topological polar surface area (TPSA) is 226 Å². The number of aliphatic hydroxyl groups is 3. The van der Waals surface area contributed by atoms with Gasteiger partial charge in [-0.1, -0.05) is 0 Å². The molecule has 0 bridgehead atoms. The normalized spacial score (nSPS) is 28.2. The first-order chi connectivity index (χ1) is 13.9. The van der Waals surface area contributed by atoms with Gasteiger partial charge in [-0.05, 0) is 6.42 Å². The maximum absolute atomic E-state index is 11.8. The highest BCUT2D eigenvalue weighted by Gasteiger charge is 2.50. The fourth-order valence-electron chi connectivity index (χ4n) is 2.98. The van der Waals surface area contributed by atoms with E-state index in [0.29, 0.717) is 0 Å². The van der Waals surface area contributed by atoms with Crippen LogP contribution in [0.4, 0.5) is 0 Å². The minimum atomic E-state index is -2.69. The third-order valence-electron chi connectivity index (χ3n) is 4.62. The van der Waals surface area contributed by atoms with E-state index in [0.717, 1.165) is 0 Å². The molecule has 0 aromatic carbocycles. The summed E-state index contributed by atoms with van der Waals surface area (Å²) in [6.07, 6.45) is -5.43. The summed E-state index contributed by atoms with van der Waals surface area (Å²) < 4.78 is 10.0. The first-order valence-electron chi connectivity index (χ1n) is 9.24. The molecule has 0 spiro atoms. The number of hydrogen-bond donors (Lipinski definition) is 7. The lowest BCUT2D eigenvalue weighted by Gasteiger charge is -2.43. The van der Waals surface area contributed by atoms with Crippen molar-refractivity contribution in [2.24, 2.45) is 11.7 Å².